The van der Waals surface area contributed by atoms with Crippen molar-refractivity contribution in [3.63, 3.8) is 0 Å². The van der Waals surface area contributed by atoms with E-state index >= 15 is 0 Å². The van der Waals surface area contributed by atoms with E-state index in [4.69, 9.17) is 9.47 Å². The second-order valence-corrected chi connectivity index (χ2v) is 12.7. The van der Waals surface area contributed by atoms with E-state index in [1.165, 1.54) is 32.1 Å². The molecule has 0 heterocycles. The minimum absolute atomic E-state index is 0.0309. The van der Waals surface area contributed by atoms with Crippen LogP contribution in [0.25, 0.3) is 0 Å². The lowest BCUT2D eigenvalue weighted by Crippen LogP contribution is -2.25. The SMILES string of the molecule is CCCCC[C@H](O)/C=C/[C@H]1[C@H](O)CC(=O)[C@@H]1C/C=C\CCCC(=O)OC[C@@H](O)COC(=O)CCCCCCCCC(C)CC. The zero-order valence-corrected chi connectivity index (χ0v) is 27.8. The maximum Gasteiger partial charge on any atom is 0.305 e. The molecule has 0 aromatic carbocycles. The van der Waals surface area contributed by atoms with Crippen molar-refractivity contribution in [2.45, 2.75) is 155 Å². The van der Waals surface area contributed by atoms with Crippen LogP contribution in [0.4, 0.5) is 0 Å². The van der Waals surface area contributed by atoms with Gasteiger partial charge >= 0.3 is 11.9 Å². The Morgan fingerprint density at radius 3 is 2.14 bits per heavy atom. The number of carbonyl (C=O) groups excluding carboxylic acids is 3. The number of hydrogen-bond acceptors (Lipinski definition) is 8. The Labute approximate surface area is 266 Å². The Morgan fingerprint density at radius 2 is 1.48 bits per heavy atom. The minimum Gasteiger partial charge on any atom is -0.463 e. The Hall–Kier alpha value is -2.03. The van der Waals surface area contributed by atoms with Crippen LogP contribution in [0.2, 0.25) is 0 Å². The molecule has 254 valence electrons. The molecule has 0 aromatic rings. The number of Topliss-reactive ketones (excluding diaryl/α,β-unsaturated/α-hetero) is 1. The van der Waals surface area contributed by atoms with E-state index in [1.807, 2.05) is 12.2 Å². The summed E-state index contributed by atoms with van der Waals surface area (Å²) in [5.74, 6) is -0.537. The van der Waals surface area contributed by atoms with Gasteiger partial charge in [0.05, 0.1) is 12.2 Å². The summed E-state index contributed by atoms with van der Waals surface area (Å²) in [4.78, 5) is 36.3. The smallest absolute Gasteiger partial charge is 0.305 e. The van der Waals surface area contributed by atoms with Crippen LogP contribution in [-0.4, -0.2) is 64.6 Å². The summed E-state index contributed by atoms with van der Waals surface area (Å²) in [6, 6.07) is 0. The molecule has 44 heavy (non-hydrogen) atoms. The number of carbonyl (C=O) groups is 3. The highest BCUT2D eigenvalue weighted by molar-refractivity contribution is 5.84. The summed E-state index contributed by atoms with van der Waals surface area (Å²) >= 11 is 0. The average Bonchev–Trinajstić information content (AvgIpc) is 3.27. The van der Waals surface area contributed by atoms with Crippen LogP contribution in [0.3, 0.4) is 0 Å². The standard InChI is InChI=1S/C36H62O8/c1-4-6-13-19-29(37)23-24-32-31(33(39)25-34(32)40)20-15-11-12-17-22-36(42)44-27-30(38)26-43-35(41)21-16-10-8-7-9-14-18-28(3)5-2/h11,15,23-24,28-32,34,37-38,40H,4-10,12-14,16-22,25-27H2,1-3H3/b15-11-,24-23+/t28?,29-,30-,31+,32+,34+/m0/s1. The van der Waals surface area contributed by atoms with Crippen molar-refractivity contribution in [1.29, 1.82) is 0 Å². The van der Waals surface area contributed by atoms with Gasteiger partial charge in [-0.05, 0) is 38.0 Å². The third kappa shape index (κ3) is 19.4. The Kier molecular flexibility index (Phi) is 22.9. The third-order valence-corrected chi connectivity index (χ3v) is 8.60. The van der Waals surface area contributed by atoms with E-state index in [-0.39, 0.29) is 49.6 Å². The monoisotopic (exact) mass is 622 g/mol. The molecule has 8 nitrogen and oxygen atoms in total. The van der Waals surface area contributed by atoms with Crippen LogP contribution in [0, 0.1) is 17.8 Å². The molecule has 6 atom stereocenters. The largest absolute Gasteiger partial charge is 0.463 e. The first-order chi connectivity index (χ1) is 21.2. The second-order valence-electron chi connectivity index (χ2n) is 12.7. The highest BCUT2D eigenvalue weighted by Crippen LogP contribution is 2.33. The molecule has 0 aliphatic heterocycles. The first-order valence-electron chi connectivity index (χ1n) is 17.4. The van der Waals surface area contributed by atoms with Crippen LogP contribution in [0.1, 0.15) is 136 Å². The summed E-state index contributed by atoms with van der Waals surface area (Å²) in [5.41, 5.74) is 0. The number of hydrogen-bond donors (Lipinski definition) is 3. The van der Waals surface area contributed by atoms with Crippen LogP contribution in [-0.2, 0) is 23.9 Å². The van der Waals surface area contributed by atoms with E-state index in [2.05, 4.69) is 20.8 Å². The van der Waals surface area contributed by atoms with Crippen molar-refractivity contribution < 1.29 is 39.2 Å². The van der Waals surface area contributed by atoms with Crippen LogP contribution >= 0.6 is 0 Å². The summed E-state index contributed by atoms with van der Waals surface area (Å²) in [6.45, 7) is 6.23. The summed E-state index contributed by atoms with van der Waals surface area (Å²) < 4.78 is 10.2. The molecular weight excluding hydrogens is 560 g/mol. The summed E-state index contributed by atoms with van der Waals surface area (Å²) in [7, 11) is 0. The number of aliphatic hydroxyl groups is 3. The topological polar surface area (TPSA) is 130 Å². The van der Waals surface area contributed by atoms with Gasteiger partial charge in [0.2, 0.25) is 0 Å². The van der Waals surface area contributed by atoms with E-state index in [9.17, 15) is 29.7 Å². The zero-order valence-electron chi connectivity index (χ0n) is 27.8. The molecule has 1 aliphatic rings. The molecule has 0 saturated heterocycles. The lowest BCUT2D eigenvalue weighted by Gasteiger charge is -2.16. The molecule has 1 fully saturated rings. The van der Waals surface area contributed by atoms with Gasteiger partial charge in [-0.15, -0.1) is 0 Å². The number of aliphatic hydroxyl groups excluding tert-OH is 3. The fourth-order valence-electron chi connectivity index (χ4n) is 5.45. The molecule has 0 amide bonds. The summed E-state index contributed by atoms with van der Waals surface area (Å²) in [6.07, 6.45) is 20.3. The number of ether oxygens (including phenoxy) is 2. The second kappa shape index (κ2) is 25.2. The van der Waals surface area contributed by atoms with E-state index in [1.54, 1.807) is 12.2 Å². The molecule has 1 aliphatic carbocycles. The molecule has 0 aromatic heterocycles. The van der Waals surface area contributed by atoms with Crippen molar-refractivity contribution in [1.82, 2.24) is 0 Å². The van der Waals surface area contributed by atoms with Crippen LogP contribution < -0.4 is 0 Å². The molecular formula is C36H62O8. The van der Waals surface area contributed by atoms with Crippen molar-refractivity contribution in [2.24, 2.45) is 17.8 Å². The van der Waals surface area contributed by atoms with Gasteiger partial charge in [0.15, 0.2) is 0 Å². The van der Waals surface area contributed by atoms with Crippen molar-refractivity contribution >= 4 is 17.7 Å². The van der Waals surface area contributed by atoms with Crippen molar-refractivity contribution in [3.05, 3.63) is 24.3 Å². The highest BCUT2D eigenvalue weighted by Gasteiger charge is 2.39. The number of rotatable bonds is 26. The predicted octanol–water partition coefficient (Wildman–Crippen LogP) is 6.78. The zero-order chi connectivity index (χ0) is 32.6. The lowest BCUT2D eigenvalue weighted by molar-refractivity contribution is -0.152. The van der Waals surface area contributed by atoms with Crippen LogP contribution in [0.15, 0.2) is 24.3 Å². The minimum atomic E-state index is -1.05. The number of esters is 2. The maximum absolute atomic E-state index is 12.4. The lowest BCUT2D eigenvalue weighted by atomic mass is 9.90. The molecule has 3 N–H and O–H groups in total. The molecule has 1 rings (SSSR count). The molecule has 8 heteroatoms. The number of unbranched alkanes of at least 4 members (excludes halogenated alkanes) is 8. The van der Waals surface area contributed by atoms with Gasteiger partial charge in [-0.25, -0.2) is 0 Å². The van der Waals surface area contributed by atoms with Gasteiger partial charge in [-0.3, -0.25) is 14.4 Å². The van der Waals surface area contributed by atoms with Crippen molar-refractivity contribution in [2.75, 3.05) is 13.2 Å². The fraction of sp³-hybridized carbons (Fsp3) is 0.806. The van der Waals surface area contributed by atoms with Gasteiger partial charge in [0.25, 0.3) is 0 Å². The first-order valence-corrected chi connectivity index (χ1v) is 17.4. The van der Waals surface area contributed by atoms with Crippen LogP contribution in [0.5, 0.6) is 0 Å². The van der Waals surface area contributed by atoms with E-state index in [0.717, 1.165) is 44.4 Å². The van der Waals surface area contributed by atoms with E-state index < -0.39 is 24.3 Å². The Bertz CT molecular complexity index is 838. The fourth-order valence-corrected chi connectivity index (χ4v) is 5.45. The molecule has 1 saturated carbocycles. The van der Waals surface area contributed by atoms with Gasteiger partial charge in [0.1, 0.15) is 25.1 Å². The number of allylic oxidation sites excluding steroid dienone is 2. The van der Waals surface area contributed by atoms with Crippen molar-refractivity contribution in [3.8, 4) is 0 Å². The molecule has 0 spiro atoms. The average molecular weight is 623 g/mol. The quantitative estimate of drug-likeness (QED) is 0.0547. The van der Waals surface area contributed by atoms with Gasteiger partial charge in [0, 0.05) is 31.1 Å². The molecule has 0 bridgehead atoms. The predicted molar refractivity (Wildman–Crippen MR) is 174 cm³/mol. The van der Waals surface area contributed by atoms with Gasteiger partial charge in [-0.1, -0.05) is 109 Å². The van der Waals surface area contributed by atoms with E-state index in [0.29, 0.717) is 32.1 Å². The van der Waals surface area contributed by atoms with Gasteiger partial charge in [-0.2, -0.15) is 0 Å². The third-order valence-electron chi connectivity index (χ3n) is 8.60. The molecule has 1 unspecified atom stereocenters. The Balaban J connectivity index is 2.13. The van der Waals surface area contributed by atoms with Gasteiger partial charge < -0.3 is 24.8 Å². The highest BCUT2D eigenvalue weighted by atomic mass is 16.6. The molecule has 0 radical (unpaired) electrons. The summed E-state index contributed by atoms with van der Waals surface area (Å²) in [5, 5.41) is 30.5. The first kappa shape index (κ1) is 40.0. The number of ketones is 1. The Morgan fingerprint density at radius 1 is 0.864 bits per heavy atom. The normalized spacial score (nSPS) is 20.8. The maximum atomic E-state index is 12.4.